The Balaban J connectivity index is 1.82. The smallest absolute Gasteiger partial charge is 0.0482 e. The molecule has 96 valence electrons. The van der Waals surface area contributed by atoms with E-state index < -0.39 is 0 Å². The van der Waals surface area contributed by atoms with E-state index in [1.165, 1.54) is 27.9 Å². The summed E-state index contributed by atoms with van der Waals surface area (Å²) in [6, 6.07) is 12.8. The number of fused-ring (bicyclic) bond motifs is 2. The van der Waals surface area contributed by atoms with Crippen LogP contribution < -0.4 is 16.0 Å². The van der Waals surface area contributed by atoms with Crippen molar-refractivity contribution in [2.24, 2.45) is 0 Å². The molecule has 2 aliphatic heterocycles. The molecule has 2 aromatic carbocycles. The predicted molar refractivity (Wildman–Crippen MR) is 77.3 cm³/mol. The molecule has 0 saturated carbocycles. The quantitative estimate of drug-likeness (QED) is 0.768. The maximum Gasteiger partial charge on any atom is 0.0482 e. The highest BCUT2D eigenvalue weighted by Gasteiger charge is 2.23. The zero-order valence-electron chi connectivity index (χ0n) is 10.8. The van der Waals surface area contributed by atoms with E-state index in [-0.39, 0.29) is 0 Å². The van der Waals surface area contributed by atoms with Gasteiger partial charge in [-0.1, -0.05) is 24.3 Å². The van der Waals surface area contributed by atoms with Crippen LogP contribution in [-0.2, 0) is 26.2 Å². The van der Waals surface area contributed by atoms with Gasteiger partial charge in [0, 0.05) is 37.6 Å². The summed E-state index contributed by atoms with van der Waals surface area (Å²) in [4.78, 5) is 0. The number of nitrogens with one attached hydrogen (secondary N) is 3. The molecule has 0 bridgehead atoms. The van der Waals surface area contributed by atoms with Gasteiger partial charge in [-0.05, 0) is 34.4 Å². The van der Waals surface area contributed by atoms with Crippen molar-refractivity contribution in [3.63, 3.8) is 0 Å². The second-order valence-electron chi connectivity index (χ2n) is 5.23. The lowest BCUT2D eigenvalue weighted by Gasteiger charge is -2.16. The monoisotopic (exact) mass is 251 g/mol. The third-order valence-corrected chi connectivity index (χ3v) is 4.00. The first-order valence-corrected chi connectivity index (χ1v) is 6.82. The summed E-state index contributed by atoms with van der Waals surface area (Å²) in [6.45, 7) is 3.92. The van der Waals surface area contributed by atoms with Crippen LogP contribution >= 0.6 is 0 Å². The van der Waals surface area contributed by atoms with Gasteiger partial charge in [0.05, 0.1) is 0 Å². The number of para-hydroxylation sites is 1. The molecule has 2 aromatic rings. The van der Waals surface area contributed by atoms with Gasteiger partial charge in [-0.3, -0.25) is 0 Å². The molecule has 0 atom stereocenters. The van der Waals surface area contributed by atoms with Crippen molar-refractivity contribution in [2.45, 2.75) is 26.2 Å². The van der Waals surface area contributed by atoms with E-state index in [0.29, 0.717) is 0 Å². The Kier molecular flexibility index (Phi) is 2.53. The lowest BCUT2D eigenvalue weighted by Crippen LogP contribution is -2.04. The highest BCUT2D eigenvalue weighted by molar-refractivity contribution is 5.71. The number of benzene rings is 2. The first kappa shape index (κ1) is 11.0. The maximum atomic E-state index is 3.62. The van der Waals surface area contributed by atoms with Crippen molar-refractivity contribution in [1.82, 2.24) is 10.6 Å². The Morgan fingerprint density at radius 1 is 0.789 bits per heavy atom. The molecule has 3 nitrogen and oxygen atoms in total. The van der Waals surface area contributed by atoms with Crippen molar-refractivity contribution in [2.75, 3.05) is 5.32 Å². The van der Waals surface area contributed by atoms with Crippen molar-refractivity contribution in [1.29, 1.82) is 0 Å². The van der Waals surface area contributed by atoms with Gasteiger partial charge >= 0.3 is 0 Å². The fraction of sp³-hybridized carbons (Fsp3) is 0.250. The molecule has 2 heterocycles. The first-order valence-electron chi connectivity index (χ1n) is 6.82. The number of hydrogen-bond acceptors (Lipinski definition) is 3. The summed E-state index contributed by atoms with van der Waals surface area (Å²) < 4.78 is 0. The molecule has 0 radical (unpaired) electrons. The average Bonchev–Trinajstić information content (AvgIpc) is 3.08. The normalized spacial score (nSPS) is 16.2. The van der Waals surface area contributed by atoms with Crippen LogP contribution in [0.25, 0.3) is 0 Å². The molecule has 0 aliphatic carbocycles. The molecule has 4 rings (SSSR count). The molecule has 19 heavy (non-hydrogen) atoms. The molecule has 0 fully saturated rings. The van der Waals surface area contributed by atoms with Crippen LogP contribution in [0.4, 0.5) is 11.4 Å². The second kappa shape index (κ2) is 4.37. The molecule has 0 unspecified atom stereocenters. The molecule has 0 saturated heterocycles. The van der Waals surface area contributed by atoms with Gasteiger partial charge in [0.15, 0.2) is 0 Å². The van der Waals surface area contributed by atoms with Gasteiger partial charge in [0.25, 0.3) is 0 Å². The first-order chi connectivity index (χ1) is 9.42. The van der Waals surface area contributed by atoms with Crippen LogP contribution in [0.1, 0.15) is 22.3 Å². The highest BCUT2D eigenvalue weighted by Crippen LogP contribution is 2.35. The van der Waals surface area contributed by atoms with E-state index in [1.807, 2.05) is 6.07 Å². The number of anilines is 2. The van der Waals surface area contributed by atoms with E-state index >= 15 is 0 Å². The summed E-state index contributed by atoms with van der Waals surface area (Å²) in [7, 11) is 0. The van der Waals surface area contributed by atoms with Gasteiger partial charge in [-0.2, -0.15) is 0 Å². The van der Waals surface area contributed by atoms with Gasteiger partial charge in [-0.15, -0.1) is 0 Å². The highest BCUT2D eigenvalue weighted by atomic mass is 15.0. The van der Waals surface area contributed by atoms with Crippen molar-refractivity contribution < 1.29 is 0 Å². The van der Waals surface area contributed by atoms with E-state index in [4.69, 9.17) is 0 Å². The molecule has 3 N–H and O–H groups in total. The Morgan fingerprint density at radius 2 is 1.42 bits per heavy atom. The van der Waals surface area contributed by atoms with Crippen LogP contribution in [0.3, 0.4) is 0 Å². The lowest BCUT2D eigenvalue weighted by atomic mass is 9.98. The molecule has 3 heteroatoms. The van der Waals surface area contributed by atoms with Gasteiger partial charge < -0.3 is 16.0 Å². The van der Waals surface area contributed by atoms with Crippen LogP contribution in [0, 0.1) is 0 Å². The number of rotatable bonds is 2. The van der Waals surface area contributed by atoms with Crippen LogP contribution in [0.15, 0.2) is 36.4 Å². The van der Waals surface area contributed by atoms with E-state index in [2.05, 4.69) is 46.3 Å². The maximum absolute atomic E-state index is 3.62. The Morgan fingerprint density at radius 3 is 2.05 bits per heavy atom. The summed E-state index contributed by atoms with van der Waals surface area (Å²) in [6.07, 6.45) is 0. The van der Waals surface area contributed by atoms with Crippen molar-refractivity contribution in [3.8, 4) is 0 Å². The molecule has 0 spiro atoms. The summed E-state index contributed by atoms with van der Waals surface area (Å²) in [5.74, 6) is 0. The van der Waals surface area contributed by atoms with Gasteiger partial charge in [0.2, 0.25) is 0 Å². The largest absolute Gasteiger partial charge is 0.355 e. The van der Waals surface area contributed by atoms with Crippen LogP contribution in [0.5, 0.6) is 0 Å². The fourth-order valence-electron chi connectivity index (χ4n) is 3.07. The molecule has 0 aromatic heterocycles. The Bertz CT molecular complexity index is 587. The minimum atomic E-state index is 0.970. The molecular weight excluding hydrogens is 234 g/mol. The third-order valence-electron chi connectivity index (χ3n) is 4.00. The second-order valence-corrected chi connectivity index (χ2v) is 5.23. The van der Waals surface area contributed by atoms with E-state index in [9.17, 15) is 0 Å². The van der Waals surface area contributed by atoms with Crippen molar-refractivity contribution in [3.05, 3.63) is 58.7 Å². The SMILES string of the molecule is c1ccc(Nc2c3c(cc4c2CNC4)CNC3)cc1. The summed E-state index contributed by atoms with van der Waals surface area (Å²) >= 11 is 0. The van der Waals surface area contributed by atoms with Crippen LogP contribution in [-0.4, -0.2) is 0 Å². The van der Waals surface area contributed by atoms with Gasteiger partial charge in [0.1, 0.15) is 0 Å². The predicted octanol–water partition coefficient (Wildman–Crippen LogP) is 2.64. The van der Waals surface area contributed by atoms with Crippen molar-refractivity contribution >= 4 is 11.4 Å². The van der Waals surface area contributed by atoms with E-state index in [0.717, 1.165) is 31.9 Å². The van der Waals surface area contributed by atoms with E-state index in [1.54, 1.807) is 0 Å². The summed E-state index contributed by atoms with van der Waals surface area (Å²) in [5.41, 5.74) is 8.24. The minimum Gasteiger partial charge on any atom is -0.355 e. The third kappa shape index (κ3) is 1.82. The lowest BCUT2D eigenvalue weighted by molar-refractivity contribution is 0.754. The Labute approximate surface area is 113 Å². The zero-order chi connectivity index (χ0) is 12.7. The standard InChI is InChI=1S/C16H17N3/c1-2-4-13(5-3-1)19-16-14-9-17-7-11(14)6-12-8-18-10-15(12)16/h1-6,17-19H,7-10H2. The van der Waals surface area contributed by atoms with Crippen LogP contribution in [0.2, 0.25) is 0 Å². The number of hydrogen-bond donors (Lipinski definition) is 3. The molecule has 0 amide bonds. The minimum absolute atomic E-state index is 0.970. The topological polar surface area (TPSA) is 36.1 Å². The summed E-state index contributed by atoms with van der Waals surface area (Å²) in [5, 5.41) is 10.5. The van der Waals surface area contributed by atoms with Gasteiger partial charge in [-0.25, -0.2) is 0 Å². The zero-order valence-corrected chi connectivity index (χ0v) is 10.8. The molecular formula is C16H17N3. The average molecular weight is 251 g/mol. The fourth-order valence-corrected chi connectivity index (χ4v) is 3.07. The molecule has 2 aliphatic rings. The Hall–Kier alpha value is -1.84.